The predicted octanol–water partition coefficient (Wildman–Crippen LogP) is 2.70. The number of nitrogens with two attached hydrogens (primary N) is 1. The Hall–Kier alpha value is -3.01. The van der Waals surface area contributed by atoms with Gasteiger partial charge in [0.25, 0.3) is 11.8 Å². The fraction of sp³-hybridized carbons (Fsp3) is 0.476. The van der Waals surface area contributed by atoms with Crippen molar-refractivity contribution in [2.24, 2.45) is 5.73 Å². The number of nitriles is 1. The second-order valence-electron chi connectivity index (χ2n) is 6.73. The summed E-state index contributed by atoms with van der Waals surface area (Å²) in [6, 6.07) is 7.07. The quantitative estimate of drug-likeness (QED) is 0.406. The first kappa shape index (κ1) is 21.3. The Kier molecular flexibility index (Phi) is 8.35. The van der Waals surface area contributed by atoms with Crippen LogP contribution in [0.15, 0.2) is 23.8 Å². The number of carbonyl (C=O) groups excluding carboxylic acids is 2. The molecular weight excluding hydrogens is 358 g/mol. The molecule has 1 saturated carbocycles. The van der Waals surface area contributed by atoms with E-state index in [2.05, 4.69) is 5.32 Å². The Bertz CT molecular complexity index is 759. The second-order valence-corrected chi connectivity index (χ2v) is 6.73. The van der Waals surface area contributed by atoms with E-state index in [1.807, 2.05) is 13.0 Å². The number of ether oxygens (including phenoxy) is 2. The highest BCUT2D eigenvalue weighted by Gasteiger charge is 2.17. The van der Waals surface area contributed by atoms with Gasteiger partial charge in [0.2, 0.25) is 0 Å². The van der Waals surface area contributed by atoms with E-state index in [1.54, 1.807) is 18.2 Å². The molecule has 28 heavy (non-hydrogen) atoms. The lowest BCUT2D eigenvalue weighted by Crippen LogP contribution is -2.35. The molecule has 0 heterocycles. The minimum absolute atomic E-state index is 0.0394. The Morgan fingerprint density at radius 2 is 1.93 bits per heavy atom. The van der Waals surface area contributed by atoms with Gasteiger partial charge in [-0.2, -0.15) is 5.26 Å². The van der Waals surface area contributed by atoms with Crippen molar-refractivity contribution in [3.63, 3.8) is 0 Å². The molecule has 0 spiro atoms. The highest BCUT2D eigenvalue weighted by atomic mass is 16.5. The van der Waals surface area contributed by atoms with Gasteiger partial charge < -0.3 is 20.5 Å². The number of benzene rings is 1. The molecule has 1 aromatic rings. The van der Waals surface area contributed by atoms with Crippen LogP contribution in [0.4, 0.5) is 0 Å². The maximum Gasteiger partial charge on any atom is 0.262 e. The van der Waals surface area contributed by atoms with Crippen LogP contribution in [0.2, 0.25) is 0 Å². The van der Waals surface area contributed by atoms with Gasteiger partial charge in [-0.25, -0.2) is 0 Å². The van der Waals surface area contributed by atoms with Crippen molar-refractivity contribution in [1.82, 2.24) is 5.32 Å². The molecule has 1 fully saturated rings. The number of hydrogen-bond acceptors (Lipinski definition) is 5. The van der Waals surface area contributed by atoms with Crippen LogP contribution < -0.4 is 20.5 Å². The lowest BCUT2D eigenvalue weighted by atomic mass is 10.1. The van der Waals surface area contributed by atoms with Crippen molar-refractivity contribution in [3.8, 4) is 17.6 Å². The van der Waals surface area contributed by atoms with Gasteiger partial charge in [0.1, 0.15) is 11.6 Å². The molecule has 1 aromatic carbocycles. The molecule has 1 aliphatic rings. The zero-order valence-corrected chi connectivity index (χ0v) is 16.2. The van der Waals surface area contributed by atoms with Crippen LogP contribution in [0.5, 0.6) is 11.5 Å². The number of carbonyl (C=O) groups is 2. The van der Waals surface area contributed by atoms with Gasteiger partial charge in [0, 0.05) is 6.04 Å². The molecule has 150 valence electrons. The number of rotatable bonds is 8. The van der Waals surface area contributed by atoms with Crippen LogP contribution in [-0.2, 0) is 9.59 Å². The molecule has 7 nitrogen and oxygen atoms in total. The molecule has 0 aromatic heterocycles. The molecular formula is C21H27N3O4. The standard InChI is InChI=1S/C21H27N3O4/c1-2-27-19-12-15(9-10-18(19)28-14-20(23)25)11-16(13-22)21(26)24-17-7-5-3-4-6-8-17/h9-12,17H,2-8,14H2,1H3,(H2,23,25)(H,24,26)/b16-11+. The summed E-state index contributed by atoms with van der Waals surface area (Å²) in [5, 5.41) is 12.4. The first-order valence-corrected chi connectivity index (χ1v) is 9.64. The first-order chi connectivity index (χ1) is 13.5. The Morgan fingerprint density at radius 3 is 2.54 bits per heavy atom. The van der Waals surface area contributed by atoms with E-state index in [0.29, 0.717) is 23.7 Å². The fourth-order valence-electron chi connectivity index (χ4n) is 3.15. The monoisotopic (exact) mass is 385 g/mol. The summed E-state index contributed by atoms with van der Waals surface area (Å²) in [7, 11) is 0. The van der Waals surface area contributed by atoms with E-state index in [1.165, 1.54) is 18.9 Å². The van der Waals surface area contributed by atoms with Crippen molar-refractivity contribution in [3.05, 3.63) is 29.3 Å². The van der Waals surface area contributed by atoms with Gasteiger partial charge in [-0.3, -0.25) is 9.59 Å². The normalized spacial score (nSPS) is 15.2. The van der Waals surface area contributed by atoms with Crippen molar-refractivity contribution in [2.75, 3.05) is 13.2 Å². The maximum atomic E-state index is 12.5. The minimum atomic E-state index is -0.589. The molecule has 1 aliphatic carbocycles. The average Bonchev–Trinajstić information content (AvgIpc) is 2.94. The summed E-state index contributed by atoms with van der Waals surface area (Å²) in [4.78, 5) is 23.4. The highest BCUT2D eigenvalue weighted by Crippen LogP contribution is 2.29. The van der Waals surface area contributed by atoms with Gasteiger partial charge >= 0.3 is 0 Å². The summed E-state index contributed by atoms with van der Waals surface area (Å²) in [5.41, 5.74) is 5.77. The number of primary amides is 1. The van der Waals surface area contributed by atoms with E-state index >= 15 is 0 Å². The second kappa shape index (κ2) is 11.0. The average molecular weight is 385 g/mol. The first-order valence-electron chi connectivity index (χ1n) is 9.64. The Labute approximate surface area is 165 Å². The van der Waals surface area contributed by atoms with Crippen molar-refractivity contribution < 1.29 is 19.1 Å². The lowest BCUT2D eigenvalue weighted by Gasteiger charge is -2.16. The van der Waals surface area contributed by atoms with Crippen LogP contribution in [0, 0.1) is 11.3 Å². The SMILES string of the molecule is CCOc1cc(/C=C(\C#N)C(=O)NC2CCCCCC2)ccc1OCC(N)=O. The topological polar surface area (TPSA) is 114 Å². The van der Waals surface area contributed by atoms with Crippen LogP contribution in [0.3, 0.4) is 0 Å². The van der Waals surface area contributed by atoms with E-state index in [9.17, 15) is 14.9 Å². The highest BCUT2D eigenvalue weighted by molar-refractivity contribution is 6.01. The molecule has 0 radical (unpaired) electrons. The Morgan fingerprint density at radius 1 is 1.21 bits per heavy atom. The third-order valence-electron chi connectivity index (χ3n) is 4.50. The van der Waals surface area contributed by atoms with Crippen LogP contribution >= 0.6 is 0 Å². The third-order valence-corrected chi connectivity index (χ3v) is 4.50. The zero-order chi connectivity index (χ0) is 20.4. The molecule has 2 amide bonds. The van der Waals surface area contributed by atoms with E-state index < -0.39 is 5.91 Å². The van der Waals surface area contributed by atoms with Gasteiger partial charge in [0.05, 0.1) is 6.61 Å². The van der Waals surface area contributed by atoms with E-state index in [4.69, 9.17) is 15.2 Å². The summed E-state index contributed by atoms with van der Waals surface area (Å²) in [5.74, 6) is -0.159. The summed E-state index contributed by atoms with van der Waals surface area (Å²) in [6.45, 7) is 1.96. The molecule has 7 heteroatoms. The molecule has 0 unspecified atom stereocenters. The van der Waals surface area contributed by atoms with Crippen LogP contribution in [0.1, 0.15) is 51.0 Å². The van der Waals surface area contributed by atoms with Gasteiger partial charge in [-0.05, 0) is 43.5 Å². The molecule has 0 aliphatic heterocycles. The fourth-order valence-corrected chi connectivity index (χ4v) is 3.15. The summed E-state index contributed by atoms with van der Waals surface area (Å²) >= 11 is 0. The zero-order valence-electron chi connectivity index (χ0n) is 16.2. The van der Waals surface area contributed by atoms with Crippen molar-refractivity contribution in [2.45, 2.75) is 51.5 Å². The smallest absolute Gasteiger partial charge is 0.262 e. The Balaban J connectivity index is 2.15. The van der Waals surface area contributed by atoms with E-state index in [-0.39, 0.29) is 24.1 Å². The third kappa shape index (κ3) is 6.62. The molecule has 2 rings (SSSR count). The van der Waals surface area contributed by atoms with Gasteiger partial charge in [-0.15, -0.1) is 0 Å². The van der Waals surface area contributed by atoms with Crippen molar-refractivity contribution in [1.29, 1.82) is 5.26 Å². The van der Waals surface area contributed by atoms with Crippen molar-refractivity contribution >= 4 is 17.9 Å². The van der Waals surface area contributed by atoms with Gasteiger partial charge in [0.15, 0.2) is 18.1 Å². The molecule has 3 N–H and O–H groups in total. The minimum Gasteiger partial charge on any atom is -0.490 e. The van der Waals surface area contributed by atoms with Crippen LogP contribution in [-0.4, -0.2) is 31.1 Å². The number of amides is 2. The number of hydrogen-bond donors (Lipinski definition) is 2. The maximum absolute atomic E-state index is 12.5. The number of nitrogens with zero attached hydrogens (tertiary/aromatic N) is 1. The summed E-state index contributed by atoms with van der Waals surface area (Å²) < 4.78 is 10.9. The van der Waals surface area contributed by atoms with Crippen LogP contribution in [0.25, 0.3) is 6.08 Å². The molecule has 0 atom stereocenters. The van der Waals surface area contributed by atoms with Gasteiger partial charge in [-0.1, -0.05) is 31.7 Å². The predicted molar refractivity (Wildman–Crippen MR) is 106 cm³/mol. The molecule has 0 saturated heterocycles. The lowest BCUT2D eigenvalue weighted by molar-refractivity contribution is -0.120. The summed E-state index contributed by atoms with van der Waals surface area (Å²) in [6.07, 6.45) is 8.00. The number of nitrogens with one attached hydrogen (secondary N) is 1. The largest absolute Gasteiger partial charge is 0.490 e. The molecule has 0 bridgehead atoms. The van der Waals surface area contributed by atoms with E-state index in [0.717, 1.165) is 25.7 Å².